The van der Waals surface area contributed by atoms with E-state index in [-0.39, 0.29) is 5.57 Å². The highest BCUT2D eigenvalue weighted by molar-refractivity contribution is 6.20. The SMILES string of the molecule is CCCOc1cccc(/C=C(\C(=O)O)c2cccc(OC)c2)c1. The monoisotopic (exact) mass is 312 g/mol. The van der Waals surface area contributed by atoms with Crippen molar-refractivity contribution >= 4 is 17.6 Å². The highest BCUT2D eigenvalue weighted by atomic mass is 16.5. The van der Waals surface area contributed by atoms with Crippen LogP contribution < -0.4 is 9.47 Å². The second kappa shape index (κ2) is 8.03. The number of methoxy groups -OCH3 is 1. The summed E-state index contributed by atoms with van der Waals surface area (Å²) in [5.74, 6) is 0.365. The van der Waals surface area contributed by atoms with E-state index in [0.29, 0.717) is 17.9 Å². The number of carboxylic acid groups (broad SMARTS) is 1. The molecule has 0 aliphatic carbocycles. The Morgan fingerprint density at radius 1 is 1.13 bits per heavy atom. The van der Waals surface area contributed by atoms with Crippen molar-refractivity contribution in [2.45, 2.75) is 13.3 Å². The van der Waals surface area contributed by atoms with Crippen LogP contribution in [-0.2, 0) is 4.79 Å². The maximum absolute atomic E-state index is 11.6. The number of hydrogen-bond donors (Lipinski definition) is 1. The van der Waals surface area contributed by atoms with Gasteiger partial charge < -0.3 is 14.6 Å². The summed E-state index contributed by atoms with van der Waals surface area (Å²) in [7, 11) is 1.55. The van der Waals surface area contributed by atoms with Crippen molar-refractivity contribution in [2.75, 3.05) is 13.7 Å². The van der Waals surface area contributed by atoms with Gasteiger partial charge in [0, 0.05) is 0 Å². The molecule has 0 aliphatic rings. The third-order valence-corrected chi connectivity index (χ3v) is 3.25. The summed E-state index contributed by atoms with van der Waals surface area (Å²) in [6.45, 7) is 2.67. The molecule has 0 amide bonds. The van der Waals surface area contributed by atoms with Gasteiger partial charge in [0.2, 0.25) is 0 Å². The number of benzene rings is 2. The summed E-state index contributed by atoms with van der Waals surface area (Å²) >= 11 is 0. The molecule has 0 spiro atoms. The van der Waals surface area contributed by atoms with Gasteiger partial charge in [0.05, 0.1) is 19.3 Å². The van der Waals surface area contributed by atoms with Crippen molar-refractivity contribution in [1.82, 2.24) is 0 Å². The maximum Gasteiger partial charge on any atom is 0.336 e. The van der Waals surface area contributed by atoms with Gasteiger partial charge in [-0.15, -0.1) is 0 Å². The van der Waals surface area contributed by atoms with E-state index in [1.165, 1.54) is 0 Å². The van der Waals surface area contributed by atoms with Gasteiger partial charge >= 0.3 is 5.97 Å². The minimum atomic E-state index is -0.988. The van der Waals surface area contributed by atoms with Crippen LogP contribution in [0.1, 0.15) is 24.5 Å². The van der Waals surface area contributed by atoms with Crippen LogP contribution in [0.25, 0.3) is 11.6 Å². The van der Waals surface area contributed by atoms with E-state index >= 15 is 0 Å². The summed E-state index contributed by atoms with van der Waals surface area (Å²) in [6.07, 6.45) is 2.56. The van der Waals surface area contributed by atoms with Gasteiger partial charge in [0.25, 0.3) is 0 Å². The largest absolute Gasteiger partial charge is 0.497 e. The molecule has 0 saturated carbocycles. The molecule has 0 aliphatic heterocycles. The molecule has 0 atom stereocenters. The second-order valence-electron chi connectivity index (χ2n) is 5.02. The van der Waals surface area contributed by atoms with Crippen LogP contribution in [0.5, 0.6) is 11.5 Å². The summed E-state index contributed by atoms with van der Waals surface area (Å²) in [6, 6.07) is 14.4. The van der Waals surface area contributed by atoms with Gasteiger partial charge in [0.15, 0.2) is 0 Å². The average Bonchev–Trinajstić information content (AvgIpc) is 2.58. The first-order chi connectivity index (χ1) is 11.1. The topological polar surface area (TPSA) is 55.8 Å². The number of ether oxygens (including phenoxy) is 2. The molecule has 120 valence electrons. The van der Waals surface area contributed by atoms with E-state index in [1.54, 1.807) is 37.5 Å². The van der Waals surface area contributed by atoms with Crippen molar-refractivity contribution < 1.29 is 19.4 Å². The Labute approximate surface area is 136 Å². The Bertz CT molecular complexity index is 704. The number of carboxylic acids is 1. The smallest absolute Gasteiger partial charge is 0.336 e. The molecule has 0 bridgehead atoms. The fraction of sp³-hybridized carbons (Fsp3) is 0.211. The molecular weight excluding hydrogens is 292 g/mol. The molecule has 0 heterocycles. The number of carbonyl (C=O) groups is 1. The number of hydrogen-bond acceptors (Lipinski definition) is 3. The zero-order valence-corrected chi connectivity index (χ0v) is 13.3. The molecule has 0 unspecified atom stereocenters. The van der Waals surface area contributed by atoms with Gasteiger partial charge in [-0.25, -0.2) is 4.79 Å². The Kier molecular flexibility index (Phi) is 5.80. The molecule has 2 aromatic rings. The highest BCUT2D eigenvalue weighted by Gasteiger charge is 2.11. The first kappa shape index (κ1) is 16.6. The third kappa shape index (κ3) is 4.61. The number of rotatable bonds is 7. The van der Waals surface area contributed by atoms with Gasteiger partial charge in [0.1, 0.15) is 11.5 Å². The molecule has 2 aromatic carbocycles. The summed E-state index contributed by atoms with van der Waals surface area (Å²) in [5, 5.41) is 9.52. The summed E-state index contributed by atoms with van der Waals surface area (Å²) < 4.78 is 10.7. The van der Waals surface area contributed by atoms with Gasteiger partial charge in [-0.2, -0.15) is 0 Å². The molecular formula is C19H20O4. The summed E-state index contributed by atoms with van der Waals surface area (Å²) in [5.41, 5.74) is 1.58. The molecule has 0 radical (unpaired) electrons. The van der Waals surface area contributed by atoms with E-state index in [1.807, 2.05) is 31.2 Å². The van der Waals surface area contributed by atoms with Crippen LogP contribution in [-0.4, -0.2) is 24.8 Å². The molecule has 0 fully saturated rings. The third-order valence-electron chi connectivity index (χ3n) is 3.25. The van der Waals surface area contributed by atoms with Crippen molar-refractivity contribution in [3.63, 3.8) is 0 Å². The minimum absolute atomic E-state index is 0.205. The van der Waals surface area contributed by atoms with Gasteiger partial charge in [-0.1, -0.05) is 31.2 Å². The molecule has 4 heteroatoms. The van der Waals surface area contributed by atoms with E-state index < -0.39 is 5.97 Å². The molecule has 4 nitrogen and oxygen atoms in total. The lowest BCUT2D eigenvalue weighted by Crippen LogP contribution is -2.00. The fourth-order valence-electron chi connectivity index (χ4n) is 2.14. The van der Waals surface area contributed by atoms with E-state index in [0.717, 1.165) is 17.7 Å². The van der Waals surface area contributed by atoms with Gasteiger partial charge in [-0.05, 0) is 47.9 Å². The van der Waals surface area contributed by atoms with Crippen molar-refractivity contribution in [1.29, 1.82) is 0 Å². The normalized spacial score (nSPS) is 11.1. The van der Waals surface area contributed by atoms with Crippen LogP contribution in [0.15, 0.2) is 48.5 Å². The Hall–Kier alpha value is -2.75. The van der Waals surface area contributed by atoms with Gasteiger partial charge in [-0.3, -0.25) is 0 Å². The number of aliphatic carboxylic acids is 1. The molecule has 0 saturated heterocycles. The predicted octanol–water partition coefficient (Wildman–Crippen LogP) is 4.11. The summed E-state index contributed by atoms with van der Waals surface area (Å²) in [4.78, 5) is 11.6. The second-order valence-corrected chi connectivity index (χ2v) is 5.02. The van der Waals surface area contributed by atoms with E-state index in [9.17, 15) is 9.90 Å². The lowest BCUT2D eigenvalue weighted by Gasteiger charge is -2.07. The van der Waals surface area contributed by atoms with Crippen molar-refractivity contribution in [3.05, 3.63) is 59.7 Å². The minimum Gasteiger partial charge on any atom is -0.497 e. The molecule has 0 aromatic heterocycles. The maximum atomic E-state index is 11.6. The van der Waals surface area contributed by atoms with Crippen LogP contribution in [0.2, 0.25) is 0 Å². The van der Waals surface area contributed by atoms with E-state index in [2.05, 4.69) is 0 Å². The lowest BCUT2D eigenvalue weighted by molar-refractivity contribution is -0.130. The standard InChI is InChI=1S/C19H20O4/c1-3-10-23-17-9-4-6-14(11-17)12-18(19(20)21)15-7-5-8-16(13-15)22-2/h4-9,11-13H,3,10H2,1-2H3,(H,20,21)/b18-12-. The zero-order chi connectivity index (χ0) is 16.7. The van der Waals surface area contributed by atoms with Crippen LogP contribution in [0.4, 0.5) is 0 Å². The van der Waals surface area contributed by atoms with Crippen LogP contribution in [0.3, 0.4) is 0 Å². The Balaban J connectivity index is 2.37. The lowest BCUT2D eigenvalue weighted by atomic mass is 10.0. The van der Waals surface area contributed by atoms with Crippen LogP contribution >= 0.6 is 0 Å². The highest BCUT2D eigenvalue weighted by Crippen LogP contribution is 2.24. The quantitative estimate of drug-likeness (QED) is 0.617. The molecule has 2 rings (SSSR count). The predicted molar refractivity (Wildman–Crippen MR) is 90.7 cm³/mol. The van der Waals surface area contributed by atoms with Crippen LogP contribution in [0, 0.1) is 0 Å². The molecule has 1 N–H and O–H groups in total. The first-order valence-corrected chi connectivity index (χ1v) is 7.46. The Morgan fingerprint density at radius 2 is 1.87 bits per heavy atom. The molecule has 23 heavy (non-hydrogen) atoms. The zero-order valence-electron chi connectivity index (χ0n) is 13.3. The average molecular weight is 312 g/mol. The first-order valence-electron chi connectivity index (χ1n) is 7.46. The Morgan fingerprint density at radius 3 is 2.57 bits per heavy atom. The fourth-order valence-corrected chi connectivity index (χ4v) is 2.14. The van der Waals surface area contributed by atoms with Crippen molar-refractivity contribution in [3.8, 4) is 11.5 Å². The van der Waals surface area contributed by atoms with E-state index in [4.69, 9.17) is 9.47 Å². The van der Waals surface area contributed by atoms with Crippen molar-refractivity contribution in [2.24, 2.45) is 0 Å².